The van der Waals surface area contributed by atoms with Crippen LogP contribution in [0.15, 0.2) is 66.2 Å². The molecular formula is C28H38N2O. The van der Waals surface area contributed by atoms with Crippen molar-refractivity contribution >= 4 is 5.57 Å². The fourth-order valence-corrected chi connectivity index (χ4v) is 5.28. The van der Waals surface area contributed by atoms with Crippen molar-refractivity contribution in [1.82, 2.24) is 9.80 Å². The number of aliphatic hydroxyl groups excluding tert-OH is 1. The number of likely N-dealkylation sites (tertiary alicyclic amines) is 2. The molecule has 31 heavy (non-hydrogen) atoms. The van der Waals surface area contributed by atoms with Crippen LogP contribution in [0.25, 0.3) is 5.57 Å². The Balaban J connectivity index is 1.29. The molecule has 0 atom stereocenters. The lowest BCUT2D eigenvalue weighted by atomic mass is 9.88. The fourth-order valence-electron chi connectivity index (χ4n) is 5.28. The van der Waals surface area contributed by atoms with Gasteiger partial charge in [-0.3, -0.25) is 0 Å². The summed E-state index contributed by atoms with van der Waals surface area (Å²) in [5.41, 5.74) is 5.76. The third kappa shape index (κ3) is 6.29. The first-order valence-electron chi connectivity index (χ1n) is 12.2. The summed E-state index contributed by atoms with van der Waals surface area (Å²) in [6.45, 7) is 7.59. The van der Waals surface area contributed by atoms with E-state index in [4.69, 9.17) is 5.11 Å². The van der Waals surface area contributed by atoms with Crippen LogP contribution >= 0.6 is 0 Å². The van der Waals surface area contributed by atoms with E-state index in [0.717, 1.165) is 12.3 Å². The monoisotopic (exact) mass is 418 g/mol. The van der Waals surface area contributed by atoms with E-state index in [1.54, 1.807) is 5.57 Å². The first kappa shape index (κ1) is 22.3. The summed E-state index contributed by atoms with van der Waals surface area (Å²) in [4.78, 5) is 5.29. The van der Waals surface area contributed by atoms with E-state index in [1.807, 2.05) is 0 Å². The topological polar surface area (TPSA) is 26.7 Å². The average Bonchev–Trinajstić information content (AvgIpc) is 2.83. The Morgan fingerprint density at radius 3 is 1.77 bits per heavy atom. The predicted octanol–water partition coefficient (Wildman–Crippen LogP) is 5.07. The molecule has 2 fully saturated rings. The molecule has 0 aliphatic carbocycles. The molecule has 2 aromatic rings. The van der Waals surface area contributed by atoms with Crippen molar-refractivity contribution in [2.75, 3.05) is 45.9 Å². The Kier molecular flexibility index (Phi) is 8.34. The van der Waals surface area contributed by atoms with Gasteiger partial charge in [0.15, 0.2) is 0 Å². The van der Waals surface area contributed by atoms with Crippen LogP contribution in [0.3, 0.4) is 0 Å². The molecule has 0 unspecified atom stereocenters. The molecule has 2 aliphatic heterocycles. The van der Waals surface area contributed by atoms with Crippen molar-refractivity contribution in [1.29, 1.82) is 0 Å². The van der Waals surface area contributed by atoms with Gasteiger partial charge in [-0.25, -0.2) is 0 Å². The van der Waals surface area contributed by atoms with Crippen molar-refractivity contribution in [2.24, 2.45) is 5.92 Å². The molecule has 0 radical (unpaired) electrons. The van der Waals surface area contributed by atoms with E-state index in [2.05, 4.69) is 70.5 Å². The van der Waals surface area contributed by atoms with Gasteiger partial charge in [0, 0.05) is 19.7 Å². The molecule has 4 rings (SSSR count). The molecule has 0 bridgehead atoms. The predicted molar refractivity (Wildman–Crippen MR) is 130 cm³/mol. The van der Waals surface area contributed by atoms with Crippen molar-refractivity contribution in [3.05, 3.63) is 77.4 Å². The zero-order valence-electron chi connectivity index (χ0n) is 18.9. The van der Waals surface area contributed by atoms with Gasteiger partial charge in [0.25, 0.3) is 0 Å². The normalized spacial score (nSPS) is 18.9. The summed E-state index contributed by atoms with van der Waals surface area (Å²) in [6.07, 6.45) is 7.14. The van der Waals surface area contributed by atoms with Gasteiger partial charge >= 0.3 is 0 Å². The van der Waals surface area contributed by atoms with Crippen LogP contribution in [0, 0.1) is 5.92 Å². The molecule has 3 nitrogen and oxygen atoms in total. The van der Waals surface area contributed by atoms with Crippen LogP contribution in [0.1, 0.15) is 49.7 Å². The van der Waals surface area contributed by atoms with E-state index in [1.165, 1.54) is 88.1 Å². The summed E-state index contributed by atoms with van der Waals surface area (Å²) in [7, 11) is 0. The lowest BCUT2D eigenvalue weighted by Crippen LogP contribution is -2.37. The van der Waals surface area contributed by atoms with Gasteiger partial charge < -0.3 is 14.9 Å². The van der Waals surface area contributed by atoms with E-state index in [-0.39, 0.29) is 0 Å². The first-order chi connectivity index (χ1) is 15.3. The lowest BCUT2D eigenvalue weighted by Gasteiger charge is -2.33. The van der Waals surface area contributed by atoms with Gasteiger partial charge in [-0.1, -0.05) is 66.2 Å². The van der Waals surface area contributed by atoms with Crippen molar-refractivity contribution < 1.29 is 5.11 Å². The highest BCUT2D eigenvalue weighted by molar-refractivity contribution is 5.82. The molecule has 2 saturated heterocycles. The Bertz CT molecular complexity index is 758. The molecule has 2 aromatic carbocycles. The Morgan fingerprint density at radius 1 is 0.742 bits per heavy atom. The second-order valence-electron chi connectivity index (χ2n) is 9.20. The fraction of sp³-hybridized carbons (Fsp3) is 0.500. The summed E-state index contributed by atoms with van der Waals surface area (Å²) in [6, 6.07) is 21.8. The largest absolute Gasteiger partial charge is 0.396 e. The summed E-state index contributed by atoms with van der Waals surface area (Å²) in [5, 5.41) is 9.13. The van der Waals surface area contributed by atoms with Gasteiger partial charge in [0.2, 0.25) is 0 Å². The Hall–Kier alpha value is -1.94. The third-order valence-corrected chi connectivity index (χ3v) is 7.13. The molecule has 0 amide bonds. The van der Waals surface area contributed by atoms with Gasteiger partial charge in [-0.05, 0) is 87.3 Å². The van der Waals surface area contributed by atoms with Crippen LogP contribution < -0.4 is 0 Å². The summed E-state index contributed by atoms with van der Waals surface area (Å²) < 4.78 is 0. The molecule has 3 heteroatoms. The molecule has 1 N–H and O–H groups in total. The highest BCUT2D eigenvalue weighted by atomic mass is 16.3. The second kappa shape index (κ2) is 11.6. The number of hydrogen-bond donors (Lipinski definition) is 1. The van der Waals surface area contributed by atoms with Gasteiger partial charge in [-0.2, -0.15) is 0 Å². The van der Waals surface area contributed by atoms with Crippen LogP contribution in [0.5, 0.6) is 0 Å². The lowest BCUT2D eigenvalue weighted by molar-refractivity contribution is 0.150. The number of aliphatic hydroxyl groups is 1. The van der Waals surface area contributed by atoms with Crippen LogP contribution in [0.4, 0.5) is 0 Å². The number of rotatable bonds is 8. The zero-order valence-corrected chi connectivity index (χ0v) is 18.9. The maximum Gasteiger partial charge on any atom is 0.0433 e. The van der Waals surface area contributed by atoms with Crippen molar-refractivity contribution in [3.63, 3.8) is 0 Å². The first-order valence-corrected chi connectivity index (χ1v) is 12.2. The highest BCUT2D eigenvalue weighted by Crippen LogP contribution is 2.32. The van der Waals surface area contributed by atoms with E-state index < -0.39 is 0 Å². The Labute approximate surface area is 188 Å². The number of piperidine rings is 2. The molecule has 166 valence electrons. The maximum absolute atomic E-state index is 9.13. The number of nitrogens with zero attached hydrogens (tertiary/aromatic N) is 2. The van der Waals surface area contributed by atoms with E-state index >= 15 is 0 Å². The molecule has 2 heterocycles. The van der Waals surface area contributed by atoms with Crippen LogP contribution in [-0.2, 0) is 0 Å². The van der Waals surface area contributed by atoms with E-state index in [0.29, 0.717) is 6.61 Å². The van der Waals surface area contributed by atoms with Crippen LogP contribution in [0.2, 0.25) is 0 Å². The summed E-state index contributed by atoms with van der Waals surface area (Å²) >= 11 is 0. The smallest absolute Gasteiger partial charge is 0.0433 e. The molecule has 2 aliphatic rings. The number of hydrogen-bond acceptors (Lipinski definition) is 3. The Morgan fingerprint density at radius 2 is 1.26 bits per heavy atom. The molecular weight excluding hydrogens is 380 g/mol. The zero-order chi connectivity index (χ0) is 21.3. The van der Waals surface area contributed by atoms with Gasteiger partial charge in [0.05, 0.1) is 0 Å². The second-order valence-corrected chi connectivity index (χ2v) is 9.20. The van der Waals surface area contributed by atoms with E-state index in [9.17, 15) is 0 Å². The quantitative estimate of drug-likeness (QED) is 0.648. The SMILES string of the molecule is OCCC1CCN(CCCN2CCC(=C(c3ccccc3)c3ccccc3)CC2)CC1. The summed E-state index contributed by atoms with van der Waals surface area (Å²) in [5.74, 6) is 0.747. The molecule has 0 saturated carbocycles. The van der Waals surface area contributed by atoms with Crippen LogP contribution in [-0.4, -0.2) is 60.8 Å². The average molecular weight is 419 g/mol. The van der Waals surface area contributed by atoms with Gasteiger partial charge in [-0.15, -0.1) is 0 Å². The number of benzene rings is 2. The standard InChI is InChI=1S/C28H38N2O/c31-23-16-24-12-19-29(20-13-24)17-7-18-30-21-14-27(15-22-30)28(25-8-3-1-4-9-25)26-10-5-2-6-11-26/h1-6,8-11,24,31H,7,12-23H2. The van der Waals surface area contributed by atoms with Crippen molar-refractivity contribution in [2.45, 2.75) is 38.5 Å². The third-order valence-electron chi connectivity index (χ3n) is 7.13. The minimum atomic E-state index is 0.353. The minimum Gasteiger partial charge on any atom is -0.396 e. The van der Waals surface area contributed by atoms with Crippen molar-refractivity contribution in [3.8, 4) is 0 Å². The highest BCUT2D eigenvalue weighted by Gasteiger charge is 2.21. The van der Waals surface area contributed by atoms with Gasteiger partial charge in [0.1, 0.15) is 0 Å². The maximum atomic E-state index is 9.13. The molecule has 0 spiro atoms. The molecule has 0 aromatic heterocycles. The minimum absolute atomic E-state index is 0.353.